The Kier molecular flexibility index (Phi) is 5.10. The quantitative estimate of drug-likeness (QED) is 0.496. The predicted octanol–water partition coefficient (Wildman–Crippen LogP) is 2.17. The molecule has 2 nitrogen and oxygen atoms in total. The van der Waals surface area contributed by atoms with Crippen molar-refractivity contribution in [1.82, 2.24) is 0 Å². The molecule has 0 aromatic carbocycles. The molecule has 1 radical (unpaired) electrons. The van der Waals surface area contributed by atoms with E-state index in [1.54, 1.807) is 0 Å². The third-order valence-electron chi connectivity index (χ3n) is 2.75. The first kappa shape index (κ1) is 13.4. The first-order chi connectivity index (χ1) is 6.34. The summed E-state index contributed by atoms with van der Waals surface area (Å²) in [6, 6.07) is 0. The molecule has 0 aliphatic heterocycles. The van der Waals surface area contributed by atoms with Crippen molar-refractivity contribution in [2.45, 2.75) is 41.0 Å². The molecule has 0 rings (SSSR count). The van der Waals surface area contributed by atoms with E-state index in [1.807, 2.05) is 20.8 Å². The fourth-order valence-corrected chi connectivity index (χ4v) is 1.60. The monoisotopic (exact) mass is 195 g/mol. The van der Waals surface area contributed by atoms with Gasteiger partial charge >= 0.3 is 87.4 Å². The van der Waals surface area contributed by atoms with Gasteiger partial charge in [0.2, 0.25) is 0 Å². The van der Waals surface area contributed by atoms with Crippen molar-refractivity contribution >= 4 is 19.6 Å². The van der Waals surface area contributed by atoms with Gasteiger partial charge in [-0.25, -0.2) is 0 Å². The Bertz CT molecular complexity index is 211. The molecule has 3 heteroatoms. The molecule has 0 aliphatic carbocycles. The van der Waals surface area contributed by atoms with Crippen molar-refractivity contribution in [3.63, 3.8) is 0 Å². The molecular formula is C11H20BO2. The fourth-order valence-electron chi connectivity index (χ4n) is 1.60. The van der Waals surface area contributed by atoms with Crippen molar-refractivity contribution in [2.75, 3.05) is 0 Å². The Hall–Kier alpha value is -0.595. The summed E-state index contributed by atoms with van der Waals surface area (Å²) in [6.45, 7) is 10.2. The number of rotatable bonds is 5. The van der Waals surface area contributed by atoms with Crippen LogP contribution in [0.25, 0.3) is 0 Å². The van der Waals surface area contributed by atoms with Crippen LogP contribution in [0.5, 0.6) is 0 Å². The Morgan fingerprint density at radius 2 is 1.93 bits per heavy atom. The van der Waals surface area contributed by atoms with Crippen molar-refractivity contribution < 1.29 is 9.53 Å². The normalized spacial score (nSPS) is 15.3. The first-order valence-electron chi connectivity index (χ1n) is 5.09. The summed E-state index contributed by atoms with van der Waals surface area (Å²) in [4.78, 5) is 11.7. The Balaban J connectivity index is 4.70. The van der Waals surface area contributed by atoms with E-state index in [0.29, 0.717) is 5.92 Å². The van der Waals surface area contributed by atoms with Gasteiger partial charge in [0.1, 0.15) is 0 Å². The third kappa shape index (κ3) is 3.28. The molecule has 0 N–H and O–H groups in total. The van der Waals surface area contributed by atoms with Gasteiger partial charge in [0, 0.05) is 0 Å². The number of hydrogen-bond acceptors (Lipinski definition) is 2. The molecule has 1 unspecified atom stereocenters. The van der Waals surface area contributed by atoms with E-state index in [1.165, 1.54) is 0 Å². The molecule has 79 valence electrons. The second kappa shape index (κ2) is 5.33. The number of carbonyl (C=O) groups is 1. The van der Waals surface area contributed by atoms with E-state index >= 15 is 0 Å². The van der Waals surface area contributed by atoms with Crippen LogP contribution >= 0.6 is 0 Å². The molecule has 1 atom stereocenters. The molecule has 0 aliphatic rings. The zero-order valence-corrected chi connectivity index (χ0v) is 9.83. The number of ether oxygens (including phenoxy) is 1. The van der Waals surface area contributed by atoms with Crippen LogP contribution in [0.4, 0.5) is 0 Å². The summed E-state index contributed by atoms with van der Waals surface area (Å²) in [5.41, 5.74) is -0.440. The van der Waals surface area contributed by atoms with E-state index in [4.69, 9.17) is 12.2 Å². The molecule has 0 bridgehead atoms. The van der Waals surface area contributed by atoms with E-state index in [2.05, 4.69) is 13.8 Å². The van der Waals surface area contributed by atoms with Gasteiger partial charge in [0.15, 0.2) is 0 Å². The molecule has 0 heterocycles. The molecule has 0 saturated heterocycles. The molecule has 0 amide bonds. The van der Waals surface area contributed by atoms with Crippen LogP contribution in [-0.4, -0.2) is 19.6 Å². The van der Waals surface area contributed by atoms with Crippen molar-refractivity contribution in [1.29, 1.82) is 0 Å². The van der Waals surface area contributed by atoms with E-state index in [9.17, 15) is 4.79 Å². The maximum atomic E-state index is 11.7. The maximum absolute atomic E-state index is 11.7. The van der Waals surface area contributed by atoms with Crippen LogP contribution in [0.1, 0.15) is 41.0 Å². The summed E-state index contributed by atoms with van der Waals surface area (Å²) in [7, 11) is 5.09. The fraction of sp³-hybridized carbons (Fsp3) is 0.818. The zero-order valence-electron chi connectivity index (χ0n) is 9.83. The summed E-state index contributed by atoms with van der Waals surface area (Å²) in [6.07, 6.45) is 1.78. The van der Waals surface area contributed by atoms with E-state index < -0.39 is 5.41 Å². The topological polar surface area (TPSA) is 26.3 Å². The average Bonchev–Trinajstić information content (AvgIpc) is 2.02. The van der Waals surface area contributed by atoms with Crippen LogP contribution in [-0.2, 0) is 9.53 Å². The zero-order chi connectivity index (χ0) is 11.4. The Morgan fingerprint density at radius 3 is 2.21 bits per heavy atom. The van der Waals surface area contributed by atoms with Crippen LogP contribution in [0.2, 0.25) is 0 Å². The average molecular weight is 195 g/mol. The summed E-state index contributed by atoms with van der Waals surface area (Å²) in [5.74, 6) is 0.480. The molecule has 0 spiro atoms. The number of carbonyl (C=O) groups excluding carboxylic acids is 1. The molecule has 0 aromatic heterocycles. The minimum atomic E-state index is -0.440. The van der Waals surface area contributed by atoms with Gasteiger partial charge in [-0.1, -0.05) is 0 Å². The molecule has 0 aromatic rings. The van der Waals surface area contributed by atoms with E-state index in [0.717, 1.165) is 12.6 Å². The first-order valence-corrected chi connectivity index (χ1v) is 5.09. The van der Waals surface area contributed by atoms with Crippen LogP contribution in [0.15, 0.2) is 0 Å². The standard InChI is InChI=1S/C11H20BO2/c1-8(2)6-11(5,9(3)4)10(13)14-7-12/h7-9H,6H2,1-5H3. The van der Waals surface area contributed by atoms with Crippen molar-refractivity contribution in [3.8, 4) is 0 Å². The second-order valence-electron chi connectivity index (χ2n) is 4.71. The van der Waals surface area contributed by atoms with Gasteiger partial charge in [-0.2, -0.15) is 0 Å². The number of hydrogen-bond donors (Lipinski definition) is 0. The Morgan fingerprint density at radius 1 is 1.43 bits per heavy atom. The summed E-state index contributed by atoms with van der Waals surface area (Å²) in [5, 5.41) is 0. The van der Waals surface area contributed by atoms with Gasteiger partial charge in [0.05, 0.1) is 0 Å². The second-order valence-corrected chi connectivity index (χ2v) is 4.71. The van der Waals surface area contributed by atoms with Crippen LogP contribution < -0.4 is 0 Å². The third-order valence-corrected chi connectivity index (χ3v) is 2.75. The SMILES string of the molecule is [B]=COC(=O)C(C)(CC(C)C)C(C)C. The molecule has 14 heavy (non-hydrogen) atoms. The minimum absolute atomic E-state index is 0.233. The van der Waals surface area contributed by atoms with Gasteiger partial charge in [-0.05, 0) is 0 Å². The van der Waals surface area contributed by atoms with Crippen molar-refractivity contribution in [3.05, 3.63) is 0 Å². The van der Waals surface area contributed by atoms with Crippen LogP contribution in [0.3, 0.4) is 0 Å². The van der Waals surface area contributed by atoms with Gasteiger partial charge < -0.3 is 0 Å². The Labute approximate surface area is 88.1 Å². The number of esters is 1. The summed E-state index contributed by atoms with van der Waals surface area (Å²) < 4.78 is 4.78. The summed E-state index contributed by atoms with van der Waals surface area (Å²) >= 11 is 0. The molecule has 0 saturated carbocycles. The predicted molar refractivity (Wildman–Crippen MR) is 60.3 cm³/mol. The van der Waals surface area contributed by atoms with Gasteiger partial charge in [-0.3, -0.25) is 0 Å². The van der Waals surface area contributed by atoms with Gasteiger partial charge in [-0.15, -0.1) is 0 Å². The van der Waals surface area contributed by atoms with E-state index in [-0.39, 0.29) is 11.9 Å². The van der Waals surface area contributed by atoms with Crippen molar-refractivity contribution in [2.24, 2.45) is 17.3 Å². The van der Waals surface area contributed by atoms with Crippen LogP contribution in [0, 0.1) is 17.3 Å². The van der Waals surface area contributed by atoms with Gasteiger partial charge in [0.25, 0.3) is 0 Å². The molecule has 0 fully saturated rings. The molecular weight excluding hydrogens is 175 g/mol.